The van der Waals surface area contributed by atoms with Crippen molar-refractivity contribution in [3.63, 3.8) is 0 Å². The highest BCUT2D eigenvalue weighted by molar-refractivity contribution is 7.89. The smallest absolute Gasteiger partial charge is 0.240 e. The molecule has 0 bridgehead atoms. The van der Waals surface area contributed by atoms with E-state index in [-0.39, 0.29) is 0 Å². The Bertz CT molecular complexity index is 712. The number of fused-ring (bicyclic) bond motifs is 1. The number of aryl methyl sites for hydroxylation is 1. The van der Waals surface area contributed by atoms with Gasteiger partial charge in [-0.15, -0.1) is 0 Å². The third-order valence-corrected chi connectivity index (χ3v) is 4.90. The average Bonchev–Trinajstić information content (AvgIpc) is 3.13. The maximum absolute atomic E-state index is 12.2. The van der Waals surface area contributed by atoms with E-state index in [2.05, 4.69) is 25.2 Å². The number of aromatic nitrogens is 3. The third-order valence-electron chi connectivity index (χ3n) is 3.44. The Balaban J connectivity index is 1.59. The van der Waals surface area contributed by atoms with E-state index in [1.807, 2.05) is 6.07 Å². The lowest BCUT2D eigenvalue weighted by molar-refractivity contribution is 0.578. The number of nitrogens with zero attached hydrogens (tertiary/aromatic N) is 2. The van der Waals surface area contributed by atoms with Crippen LogP contribution in [-0.4, -0.2) is 36.7 Å². The van der Waals surface area contributed by atoms with E-state index in [4.69, 9.17) is 0 Å². The average molecular weight is 307 g/mol. The second-order valence-electron chi connectivity index (χ2n) is 4.93. The van der Waals surface area contributed by atoms with Gasteiger partial charge in [-0.05, 0) is 36.6 Å². The molecule has 0 saturated heterocycles. The minimum Gasteiger partial charge on any atom is -0.384 e. The summed E-state index contributed by atoms with van der Waals surface area (Å²) in [7, 11) is -3.45. The van der Waals surface area contributed by atoms with Crippen LogP contribution in [0.2, 0.25) is 0 Å². The zero-order valence-electron chi connectivity index (χ0n) is 11.5. The van der Waals surface area contributed by atoms with Gasteiger partial charge in [0.25, 0.3) is 0 Å². The molecule has 21 heavy (non-hydrogen) atoms. The molecule has 0 aliphatic carbocycles. The van der Waals surface area contributed by atoms with Gasteiger partial charge in [0.1, 0.15) is 12.2 Å². The molecule has 0 unspecified atom stereocenters. The maximum atomic E-state index is 12.2. The molecule has 3 rings (SSSR count). The van der Waals surface area contributed by atoms with Crippen LogP contribution >= 0.6 is 0 Å². The van der Waals surface area contributed by atoms with Crippen LogP contribution in [-0.2, 0) is 22.9 Å². The first-order valence-corrected chi connectivity index (χ1v) is 8.34. The Hall–Kier alpha value is -1.93. The number of nitrogens with one attached hydrogen (secondary N) is 3. The van der Waals surface area contributed by atoms with Gasteiger partial charge >= 0.3 is 0 Å². The minimum absolute atomic E-state index is 0.324. The molecule has 2 heterocycles. The number of aromatic amines is 1. The molecular weight excluding hydrogens is 290 g/mol. The van der Waals surface area contributed by atoms with Gasteiger partial charge in [0.05, 0.1) is 4.90 Å². The van der Waals surface area contributed by atoms with Crippen LogP contribution in [0.4, 0.5) is 5.69 Å². The molecule has 1 aliphatic rings. The number of benzene rings is 1. The second-order valence-corrected chi connectivity index (χ2v) is 6.70. The fraction of sp³-hybridized carbons (Fsp3) is 0.385. The number of H-pyrrole nitrogens is 1. The van der Waals surface area contributed by atoms with Crippen molar-refractivity contribution in [2.45, 2.75) is 24.2 Å². The van der Waals surface area contributed by atoms with Crippen molar-refractivity contribution in [3.05, 3.63) is 35.9 Å². The molecule has 0 saturated carbocycles. The van der Waals surface area contributed by atoms with Crippen LogP contribution in [0.1, 0.15) is 17.8 Å². The highest BCUT2D eigenvalue weighted by Crippen LogP contribution is 2.24. The van der Waals surface area contributed by atoms with E-state index in [0.29, 0.717) is 24.3 Å². The zero-order valence-corrected chi connectivity index (χ0v) is 12.3. The largest absolute Gasteiger partial charge is 0.384 e. The van der Waals surface area contributed by atoms with Gasteiger partial charge < -0.3 is 5.32 Å². The van der Waals surface area contributed by atoms with Gasteiger partial charge in [0.2, 0.25) is 10.0 Å². The molecule has 1 aromatic carbocycles. The van der Waals surface area contributed by atoms with Gasteiger partial charge in [0, 0.05) is 25.2 Å². The fourth-order valence-electron chi connectivity index (χ4n) is 2.35. The van der Waals surface area contributed by atoms with Crippen molar-refractivity contribution < 1.29 is 8.42 Å². The van der Waals surface area contributed by atoms with E-state index in [1.165, 1.54) is 6.33 Å². The van der Waals surface area contributed by atoms with Crippen molar-refractivity contribution in [2.24, 2.45) is 0 Å². The van der Waals surface area contributed by atoms with Crippen molar-refractivity contribution >= 4 is 15.7 Å². The van der Waals surface area contributed by atoms with Crippen LogP contribution in [0.5, 0.6) is 0 Å². The summed E-state index contributed by atoms with van der Waals surface area (Å²) in [6.45, 7) is 1.24. The lowest BCUT2D eigenvalue weighted by atomic mass is 10.2. The summed E-state index contributed by atoms with van der Waals surface area (Å²) in [5.74, 6) is 0.762. The van der Waals surface area contributed by atoms with E-state index in [1.54, 1.807) is 12.1 Å². The van der Waals surface area contributed by atoms with Crippen LogP contribution in [0.25, 0.3) is 0 Å². The molecule has 8 heteroatoms. The van der Waals surface area contributed by atoms with Crippen molar-refractivity contribution in [1.82, 2.24) is 19.9 Å². The topological polar surface area (TPSA) is 99.8 Å². The van der Waals surface area contributed by atoms with Gasteiger partial charge in [-0.25, -0.2) is 18.1 Å². The van der Waals surface area contributed by atoms with E-state index in [9.17, 15) is 8.42 Å². The number of anilines is 1. The fourth-order valence-corrected chi connectivity index (χ4v) is 3.47. The predicted molar refractivity (Wildman–Crippen MR) is 78.5 cm³/mol. The van der Waals surface area contributed by atoms with Crippen molar-refractivity contribution in [3.8, 4) is 0 Å². The van der Waals surface area contributed by atoms with Gasteiger partial charge in [-0.3, -0.25) is 5.10 Å². The molecule has 7 nitrogen and oxygen atoms in total. The minimum atomic E-state index is -3.45. The SMILES string of the molecule is O=S(=O)(NCCCc1ncn[nH]1)c1ccc2c(c1)CCN2. The molecule has 1 aromatic heterocycles. The number of hydrogen-bond acceptors (Lipinski definition) is 5. The first-order valence-electron chi connectivity index (χ1n) is 6.86. The standard InChI is InChI=1S/C13H17N5O2S/c19-21(20,17-6-1-2-13-15-9-16-18-13)11-3-4-12-10(8-11)5-7-14-12/h3-4,8-9,14,17H,1-2,5-7H2,(H,15,16,18). The van der Waals surface area contributed by atoms with Crippen LogP contribution in [0, 0.1) is 0 Å². The molecule has 0 fully saturated rings. The van der Waals surface area contributed by atoms with Crippen LogP contribution < -0.4 is 10.0 Å². The molecule has 0 atom stereocenters. The maximum Gasteiger partial charge on any atom is 0.240 e. The van der Waals surface area contributed by atoms with Crippen LogP contribution in [0.15, 0.2) is 29.4 Å². The number of sulfonamides is 1. The summed E-state index contributed by atoms with van der Waals surface area (Å²) >= 11 is 0. The molecule has 1 aliphatic heterocycles. The summed E-state index contributed by atoms with van der Waals surface area (Å²) in [4.78, 5) is 4.32. The lowest BCUT2D eigenvalue weighted by Crippen LogP contribution is -2.25. The summed E-state index contributed by atoms with van der Waals surface area (Å²) in [5.41, 5.74) is 2.08. The highest BCUT2D eigenvalue weighted by Gasteiger charge is 2.17. The molecule has 2 aromatic rings. The molecule has 0 radical (unpaired) electrons. The first kappa shape index (κ1) is 14.0. The number of rotatable bonds is 6. The monoisotopic (exact) mass is 307 g/mol. The quantitative estimate of drug-likeness (QED) is 0.682. The Kier molecular flexibility index (Phi) is 3.89. The van der Waals surface area contributed by atoms with E-state index in [0.717, 1.165) is 30.0 Å². The van der Waals surface area contributed by atoms with Gasteiger partial charge in [0.15, 0.2) is 0 Å². The Morgan fingerprint density at radius 3 is 3.05 bits per heavy atom. The van der Waals surface area contributed by atoms with Crippen molar-refractivity contribution in [2.75, 3.05) is 18.4 Å². The van der Waals surface area contributed by atoms with Gasteiger partial charge in [-0.2, -0.15) is 5.10 Å². The van der Waals surface area contributed by atoms with Crippen molar-refractivity contribution in [1.29, 1.82) is 0 Å². The first-order chi connectivity index (χ1) is 10.1. The number of hydrogen-bond donors (Lipinski definition) is 3. The second kappa shape index (κ2) is 5.82. The molecule has 0 amide bonds. The summed E-state index contributed by atoms with van der Waals surface area (Å²) < 4.78 is 27.1. The predicted octanol–water partition coefficient (Wildman–Crippen LogP) is 0.684. The third kappa shape index (κ3) is 3.22. The lowest BCUT2D eigenvalue weighted by Gasteiger charge is -2.08. The normalized spacial score (nSPS) is 13.9. The molecule has 3 N–H and O–H groups in total. The Morgan fingerprint density at radius 2 is 2.24 bits per heavy atom. The summed E-state index contributed by atoms with van der Waals surface area (Å²) in [5, 5.41) is 9.71. The van der Waals surface area contributed by atoms with E-state index >= 15 is 0 Å². The zero-order chi connectivity index (χ0) is 14.7. The Labute approximate surface area is 123 Å². The van der Waals surface area contributed by atoms with E-state index < -0.39 is 10.0 Å². The molecule has 0 spiro atoms. The summed E-state index contributed by atoms with van der Waals surface area (Å²) in [6.07, 6.45) is 3.64. The van der Waals surface area contributed by atoms with Gasteiger partial charge in [-0.1, -0.05) is 0 Å². The highest BCUT2D eigenvalue weighted by atomic mass is 32.2. The molecule has 112 valence electrons. The molecular formula is C13H17N5O2S. The summed E-state index contributed by atoms with van der Waals surface area (Å²) in [6, 6.07) is 5.20. The van der Waals surface area contributed by atoms with Crippen LogP contribution in [0.3, 0.4) is 0 Å². The Morgan fingerprint density at radius 1 is 1.33 bits per heavy atom.